The Kier molecular flexibility index (Phi) is 13.7. The van der Waals surface area contributed by atoms with Gasteiger partial charge >= 0.3 is 0 Å². The fourth-order valence-electron chi connectivity index (χ4n) is 11.7. The number of aromatic nitrogens is 3. The molecule has 1 unspecified atom stereocenters. The maximum atomic E-state index is 16.1. The number of imide groups is 1. The lowest BCUT2D eigenvalue weighted by Crippen LogP contribution is -2.55. The third-order valence-corrected chi connectivity index (χ3v) is 15.7. The van der Waals surface area contributed by atoms with Gasteiger partial charge in [0, 0.05) is 138 Å². The Bertz CT molecular complexity index is 3060. The van der Waals surface area contributed by atoms with E-state index in [0.29, 0.717) is 85.2 Å². The van der Waals surface area contributed by atoms with Crippen molar-refractivity contribution in [3.05, 3.63) is 122 Å². The van der Waals surface area contributed by atoms with Gasteiger partial charge in [0.25, 0.3) is 11.5 Å². The molecule has 3 fully saturated rings. The average molecular weight is 987 g/mol. The van der Waals surface area contributed by atoms with Crippen LogP contribution in [0.25, 0.3) is 22.3 Å². The first-order valence-corrected chi connectivity index (χ1v) is 25.1. The van der Waals surface area contributed by atoms with Crippen LogP contribution in [0.1, 0.15) is 89.8 Å². The van der Waals surface area contributed by atoms with Crippen LogP contribution in [0.15, 0.2) is 65.7 Å². The smallest absolute Gasteiger partial charge is 0.257 e. The van der Waals surface area contributed by atoms with E-state index in [1.165, 1.54) is 33.9 Å². The predicted octanol–water partition coefficient (Wildman–Crippen LogP) is 6.10. The van der Waals surface area contributed by atoms with Crippen LogP contribution in [0.2, 0.25) is 0 Å². The first-order valence-electron chi connectivity index (χ1n) is 25.1. The Morgan fingerprint density at radius 3 is 2.32 bits per heavy atom. The number of nitrogens with zero attached hydrogens (tertiary/aromatic N) is 8. The molecule has 5 aliphatic rings. The molecule has 8 heterocycles. The van der Waals surface area contributed by atoms with Crippen molar-refractivity contribution in [3.8, 4) is 5.69 Å². The highest BCUT2D eigenvalue weighted by Crippen LogP contribution is 2.37. The molecule has 3 aromatic heterocycles. The van der Waals surface area contributed by atoms with Crippen molar-refractivity contribution < 1.29 is 32.3 Å². The molecule has 15 nitrogen and oxygen atoms in total. The quantitative estimate of drug-likeness (QED) is 0.149. The third kappa shape index (κ3) is 9.47. The molecule has 5 aromatic rings. The van der Waals surface area contributed by atoms with Gasteiger partial charge in [-0.25, -0.2) is 18.2 Å². The highest BCUT2D eigenvalue weighted by atomic mass is 19.1. The van der Waals surface area contributed by atoms with Gasteiger partial charge in [0.05, 0.1) is 23.3 Å². The molecule has 3 saturated heterocycles. The first kappa shape index (κ1) is 49.0. The van der Waals surface area contributed by atoms with E-state index >= 15 is 8.78 Å². The fraction of sp³-hybridized carbons (Fsp3) is 0.444. The van der Waals surface area contributed by atoms with Crippen LogP contribution in [0, 0.1) is 30.3 Å². The molecule has 0 spiro atoms. The summed E-state index contributed by atoms with van der Waals surface area (Å²) in [4.78, 5) is 79.0. The molecule has 72 heavy (non-hydrogen) atoms. The van der Waals surface area contributed by atoms with Gasteiger partial charge in [-0.15, -0.1) is 0 Å². The molecule has 0 saturated carbocycles. The molecular formula is C54H61F3N10O5. The second-order valence-corrected chi connectivity index (χ2v) is 20.1. The van der Waals surface area contributed by atoms with E-state index in [1.54, 1.807) is 19.3 Å². The largest absolute Gasteiger partial charge is 0.386 e. The van der Waals surface area contributed by atoms with Crippen molar-refractivity contribution in [1.29, 1.82) is 0 Å². The van der Waals surface area contributed by atoms with Gasteiger partial charge in [-0.3, -0.25) is 48.6 Å². The van der Waals surface area contributed by atoms with Gasteiger partial charge in [0.2, 0.25) is 17.7 Å². The van der Waals surface area contributed by atoms with Crippen molar-refractivity contribution in [2.75, 3.05) is 76.2 Å². The van der Waals surface area contributed by atoms with E-state index < -0.39 is 29.4 Å². The number of nitrogens with one attached hydrogen (secondary N) is 2. The topological polar surface area (TPSA) is 148 Å². The zero-order valence-electron chi connectivity index (χ0n) is 41.3. The Hall–Kier alpha value is -6.63. The summed E-state index contributed by atoms with van der Waals surface area (Å²) in [6.45, 7) is 11.0. The van der Waals surface area contributed by atoms with E-state index in [2.05, 4.69) is 43.3 Å². The van der Waals surface area contributed by atoms with Crippen molar-refractivity contribution >= 4 is 51.6 Å². The van der Waals surface area contributed by atoms with E-state index in [-0.39, 0.29) is 54.3 Å². The summed E-state index contributed by atoms with van der Waals surface area (Å²) >= 11 is 0. The lowest BCUT2D eigenvalue weighted by molar-refractivity contribution is -0.135. The first-order chi connectivity index (χ1) is 34.6. The number of carbonyl (C=O) groups excluding carboxylic acids is 4. The van der Waals surface area contributed by atoms with Crippen LogP contribution < -0.4 is 21.1 Å². The number of pyridine rings is 2. The number of halogens is 3. The second-order valence-electron chi connectivity index (χ2n) is 20.1. The summed E-state index contributed by atoms with van der Waals surface area (Å²) in [7, 11) is 3.49. The lowest BCUT2D eigenvalue weighted by Gasteiger charge is -2.39. The van der Waals surface area contributed by atoms with Gasteiger partial charge in [0.1, 0.15) is 23.3 Å². The van der Waals surface area contributed by atoms with Crippen molar-refractivity contribution in [2.45, 2.75) is 77.4 Å². The predicted molar refractivity (Wildman–Crippen MR) is 268 cm³/mol. The zero-order chi connectivity index (χ0) is 50.5. The fourth-order valence-corrected chi connectivity index (χ4v) is 11.7. The SMILES string of the molecule is CNc1cc(=O)n(-c2ccnc3c2cc([C@H](C)N2CC=C(c4c(C)cc(C(=O)N5CCC(CN6CCN(Cc7cc8c(cc7F)N(C7CCC(=O)NC7=O)C(=O)CC8)CC6)CC5)cc4F)CC2)n3C)cc1F. The van der Waals surface area contributed by atoms with E-state index in [4.69, 9.17) is 0 Å². The van der Waals surface area contributed by atoms with Crippen LogP contribution in [0.5, 0.6) is 0 Å². The van der Waals surface area contributed by atoms with Gasteiger partial charge in [-0.1, -0.05) is 6.08 Å². The van der Waals surface area contributed by atoms with Crippen LogP contribution in [-0.2, 0) is 34.4 Å². The molecule has 2 N–H and O–H groups in total. The summed E-state index contributed by atoms with van der Waals surface area (Å²) in [5, 5.41) is 5.75. The summed E-state index contributed by atoms with van der Waals surface area (Å²) in [6.07, 6.45) is 8.23. The van der Waals surface area contributed by atoms with E-state index in [1.807, 2.05) is 41.6 Å². The number of hydrogen-bond donors (Lipinski definition) is 2. The van der Waals surface area contributed by atoms with Crippen LogP contribution in [0.4, 0.5) is 24.5 Å². The third-order valence-electron chi connectivity index (χ3n) is 15.7. The number of anilines is 2. The second kappa shape index (κ2) is 20.1. The molecule has 18 heteroatoms. The molecule has 0 aliphatic carbocycles. The Morgan fingerprint density at radius 1 is 0.847 bits per heavy atom. The van der Waals surface area contributed by atoms with Gasteiger partial charge in [0.15, 0.2) is 5.82 Å². The molecule has 5 aliphatic heterocycles. The summed E-state index contributed by atoms with van der Waals surface area (Å²) in [5.41, 5.74) is 6.28. The number of amides is 4. The number of benzene rings is 2. The number of aryl methyl sites for hydroxylation is 3. The Labute approximate surface area is 416 Å². The number of piperidine rings is 2. The lowest BCUT2D eigenvalue weighted by atomic mass is 9.92. The van der Waals surface area contributed by atoms with Crippen LogP contribution in [0.3, 0.4) is 0 Å². The Balaban J connectivity index is 0.710. The van der Waals surface area contributed by atoms with E-state index in [0.717, 1.165) is 73.3 Å². The normalized spacial score (nSPS) is 20.2. The maximum absolute atomic E-state index is 16.1. The van der Waals surface area contributed by atoms with E-state index in [9.17, 15) is 28.4 Å². The average Bonchev–Trinajstić information content (AvgIpc) is 3.71. The zero-order valence-corrected chi connectivity index (χ0v) is 41.3. The van der Waals surface area contributed by atoms with Crippen LogP contribution >= 0.6 is 0 Å². The monoisotopic (exact) mass is 986 g/mol. The van der Waals surface area contributed by atoms with Crippen molar-refractivity contribution in [3.63, 3.8) is 0 Å². The standard InChI is InChI=1S/C54H61F3N10O5/c1-32-23-37(25-41(56)51(32)35-12-17-64(18-13-35)33(2)46-26-39-44(9-14-59-52(39)61(46)4)66-31-42(57)43(58-3)28-50(66)70)54(72)65-15-10-34(11-16-65)29-62-19-21-63(22-20-62)30-38-24-36-5-8-49(69)67(47(36)27-40(38)55)45-6-7-48(68)60-53(45)71/h9,12,14,23-28,31,33-34,45,58H,5-8,10-11,13,15-22,29-30H2,1-4H3,(H,60,68,71)/t33-,45?/m0/s1. The molecule has 0 radical (unpaired) electrons. The summed E-state index contributed by atoms with van der Waals surface area (Å²) in [6, 6.07) is 10.5. The molecular weight excluding hydrogens is 926 g/mol. The number of hydrogen-bond acceptors (Lipinski definition) is 10. The maximum Gasteiger partial charge on any atom is 0.257 e. The molecule has 4 amide bonds. The minimum Gasteiger partial charge on any atom is -0.386 e. The van der Waals surface area contributed by atoms with Crippen molar-refractivity contribution in [1.82, 2.24) is 39.0 Å². The minimum atomic E-state index is -0.830. The molecule has 10 rings (SSSR count). The Morgan fingerprint density at radius 2 is 1.61 bits per heavy atom. The number of fused-ring (bicyclic) bond motifs is 2. The molecule has 378 valence electrons. The number of carbonyl (C=O) groups is 4. The summed E-state index contributed by atoms with van der Waals surface area (Å²) < 4.78 is 49.9. The van der Waals surface area contributed by atoms with Gasteiger partial charge in [-0.2, -0.15) is 0 Å². The molecule has 0 bridgehead atoms. The number of piperazine rings is 1. The summed E-state index contributed by atoms with van der Waals surface area (Å²) in [5.74, 6) is -2.23. The highest BCUT2D eigenvalue weighted by Gasteiger charge is 2.39. The molecule has 2 atom stereocenters. The van der Waals surface area contributed by atoms with Gasteiger partial charge in [-0.05, 0) is 105 Å². The van der Waals surface area contributed by atoms with Gasteiger partial charge < -0.3 is 19.7 Å². The minimum absolute atomic E-state index is 0.0552. The highest BCUT2D eigenvalue weighted by molar-refractivity contribution is 6.08. The number of likely N-dealkylation sites (tertiary alicyclic amines) is 1. The van der Waals surface area contributed by atoms with Crippen molar-refractivity contribution in [2.24, 2.45) is 13.0 Å². The molecule has 2 aromatic carbocycles. The van der Waals surface area contributed by atoms with Crippen LogP contribution in [-0.4, -0.2) is 129 Å². The number of rotatable bonds is 11.